The minimum Gasteiger partial charge on any atom is -0.394 e. The second-order valence-electron chi connectivity index (χ2n) is 7.06. The molecular formula is C16H26O7. The number of carbonyl (C=O) groups is 1. The van der Waals surface area contributed by atoms with E-state index < -0.39 is 37.3 Å². The molecule has 1 fully saturated rings. The van der Waals surface area contributed by atoms with Gasteiger partial charge in [0, 0.05) is 0 Å². The molecule has 2 aliphatic rings. The maximum atomic E-state index is 11.2. The standard InChI is InChI=1S/C16H26O7/c1-8-4-9(5-16(2,3)10(8)6-17)22-15-14(21)13(20)12(19)11(7-18)23-15/h6,9,11-15,18-21H,4-5,7H2,1-3H3/t9?,11-,12-,13+,14-,15-/m1/s1. The molecule has 7 heteroatoms. The molecule has 0 amide bonds. The van der Waals surface area contributed by atoms with Gasteiger partial charge in [0.15, 0.2) is 6.29 Å². The summed E-state index contributed by atoms with van der Waals surface area (Å²) in [6.45, 7) is 5.27. The van der Waals surface area contributed by atoms with Gasteiger partial charge in [0.25, 0.3) is 0 Å². The first-order valence-corrected chi connectivity index (χ1v) is 7.82. The Morgan fingerprint density at radius 2 is 1.91 bits per heavy atom. The number of aliphatic hydroxyl groups is 4. The van der Waals surface area contributed by atoms with E-state index in [2.05, 4.69) is 0 Å². The zero-order valence-electron chi connectivity index (χ0n) is 13.7. The summed E-state index contributed by atoms with van der Waals surface area (Å²) in [6.07, 6.45) is -4.73. The van der Waals surface area contributed by atoms with Crippen molar-refractivity contribution in [2.75, 3.05) is 6.61 Å². The summed E-state index contributed by atoms with van der Waals surface area (Å²) in [7, 11) is 0. The minimum atomic E-state index is -1.45. The molecule has 132 valence electrons. The summed E-state index contributed by atoms with van der Waals surface area (Å²) in [4.78, 5) is 11.2. The van der Waals surface area contributed by atoms with Crippen LogP contribution in [-0.4, -0.2) is 70.1 Å². The minimum absolute atomic E-state index is 0.296. The Hall–Kier alpha value is -0.830. The average Bonchev–Trinajstić information content (AvgIpc) is 2.46. The molecule has 4 N–H and O–H groups in total. The second-order valence-corrected chi connectivity index (χ2v) is 7.06. The SMILES string of the molecule is CC1=C(C=O)C(C)(C)CC(O[C@@H]2O[C@H](CO)[C@@H](O)[C@H](O)[C@H]2O)C1. The van der Waals surface area contributed by atoms with Gasteiger partial charge in [-0.2, -0.15) is 0 Å². The second kappa shape index (κ2) is 6.96. The highest BCUT2D eigenvalue weighted by atomic mass is 16.7. The summed E-state index contributed by atoms with van der Waals surface area (Å²) < 4.78 is 11.2. The first kappa shape index (κ1) is 18.5. The van der Waals surface area contributed by atoms with Crippen molar-refractivity contribution < 1.29 is 34.7 Å². The Morgan fingerprint density at radius 3 is 2.43 bits per heavy atom. The van der Waals surface area contributed by atoms with Crippen molar-refractivity contribution in [3.05, 3.63) is 11.1 Å². The Labute approximate surface area is 135 Å². The maximum Gasteiger partial charge on any atom is 0.186 e. The molecule has 1 aliphatic heterocycles. The third-order valence-corrected chi connectivity index (χ3v) is 4.75. The van der Waals surface area contributed by atoms with E-state index in [0.29, 0.717) is 12.8 Å². The molecule has 0 saturated carbocycles. The van der Waals surface area contributed by atoms with E-state index in [4.69, 9.17) is 9.47 Å². The van der Waals surface area contributed by atoms with Crippen LogP contribution >= 0.6 is 0 Å². The van der Waals surface area contributed by atoms with Gasteiger partial charge < -0.3 is 29.9 Å². The van der Waals surface area contributed by atoms with Crippen molar-refractivity contribution >= 4 is 6.29 Å². The van der Waals surface area contributed by atoms with E-state index in [9.17, 15) is 25.2 Å². The van der Waals surface area contributed by atoms with Crippen molar-refractivity contribution in [3.8, 4) is 0 Å². The van der Waals surface area contributed by atoms with Crippen LogP contribution in [0.5, 0.6) is 0 Å². The van der Waals surface area contributed by atoms with Crippen LogP contribution in [-0.2, 0) is 14.3 Å². The topological polar surface area (TPSA) is 116 Å². The van der Waals surface area contributed by atoms with Gasteiger partial charge in [0.05, 0.1) is 12.7 Å². The Balaban J connectivity index is 2.10. The smallest absolute Gasteiger partial charge is 0.186 e. The number of hydrogen-bond acceptors (Lipinski definition) is 7. The highest BCUT2D eigenvalue weighted by Gasteiger charge is 2.45. The number of aliphatic hydroxyl groups excluding tert-OH is 4. The fraction of sp³-hybridized carbons (Fsp3) is 0.812. The van der Waals surface area contributed by atoms with E-state index in [0.717, 1.165) is 17.4 Å². The van der Waals surface area contributed by atoms with Crippen LogP contribution in [0.25, 0.3) is 0 Å². The Morgan fingerprint density at radius 1 is 1.26 bits per heavy atom. The highest BCUT2D eigenvalue weighted by Crippen LogP contribution is 2.41. The van der Waals surface area contributed by atoms with E-state index >= 15 is 0 Å². The van der Waals surface area contributed by atoms with Gasteiger partial charge >= 0.3 is 0 Å². The fourth-order valence-corrected chi connectivity index (χ4v) is 3.51. The largest absolute Gasteiger partial charge is 0.394 e. The van der Waals surface area contributed by atoms with Gasteiger partial charge in [0.1, 0.15) is 30.7 Å². The highest BCUT2D eigenvalue weighted by molar-refractivity contribution is 5.77. The summed E-state index contributed by atoms with van der Waals surface area (Å²) in [5.74, 6) is 0. The third kappa shape index (κ3) is 3.65. The molecule has 7 nitrogen and oxygen atoms in total. The molecular weight excluding hydrogens is 304 g/mol. The quantitative estimate of drug-likeness (QED) is 0.514. The average molecular weight is 330 g/mol. The summed E-state index contributed by atoms with van der Waals surface area (Å²) in [5.41, 5.74) is 1.32. The van der Waals surface area contributed by atoms with Crippen molar-refractivity contribution in [3.63, 3.8) is 0 Å². The van der Waals surface area contributed by atoms with E-state index in [1.165, 1.54) is 0 Å². The van der Waals surface area contributed by atoms with Gasteiger partial charge in [0.2, 0.25) is 0 Å². The molecule has 6 atom stereocenters. The summed E-state index contributed by atoms with van der Waals surface area (Å²) in [6, 6.07) is 0. The van der Waals surface area contributed by atoms with Crippen LogP contribution in [0.1, 0.15) is 33.6 Å². The summed E-state index contributed by atoms with van der Waals surface area (Å²) in [5, 5.41) is 38.8. The number of carbonyl (C=O) groups excluding carboxylic acids is 1. The lowest BCUT2D eigenvalue weighted by Gasteiger charge is -2.43. The van der Waals surface area contributed by atoms with Crippen LogP contribution < -0.4 is 0 Å². The molecule has 1 unspecified atom stereocenters. The van der Waals surface area contributed by atoms with Crippen LogP contribution in [0.3, 0.4) is 0 Å². The van der Waals surface area contributed by atoms with Crippen molar-refractivity contribution in [1.82, 2.24) is 0 Å². The van der Waals surface area contributed by atoms with Crippen molar-refractivity contribution in [2.45, 2.75) is 70.4 Å². The van der Waals surface area contributed by atoms with E-state index in [1.807, 2.05) is 20.8 Å². The predicted molar refractivity (Wildman–Crippen MR) is 80.4 cm³/mol. The van der Waals surface area contributed by atoms with Gasteiger partial charge in [-0.05, 0) is 30.8 Å². The lowest BCUT2D eigenvalue weighted by molar-refractivity contribution is -0.312. The number of allylic oxidation sites excluding steroid dienone is 1. The zero-order chi connectivity index (χ0) is 17.4. The third-order valence-electron chi connectivity index (χ3n) is 4.75. The van der Waals surface area contributed by atoms with Crippen molar-refractivity contribution in [1.29, 1.82) is 0 Å². The van der Waals surface area contributed by atoms with Crippen molar-refractivity contribution in [2.24, 2.45) is 5.41 Å². The molecule has 0 aromatic carbocycles. The Kier molecular flexibility index (Phi) is 5.60. The predicted octanol–water partition coefficient (Wildman–Crippen LogP) is -0.493. The number of rotatable bonds is 4. The number of hydrogen-bond donors (Lipinski definition) is 4. The van der Waals surface area contributed by atoms with Crippen LogP contribution in [0.2, 0.25) is 0 Å². The molecule has 23 heavy (non-hydrogen) atoms. The lowest BCUT2D eigenvalue weighted by atomic mass is 9.72. The van der Waals surface area contributed by atoms with Gasteiger partial charge in [-0.3, -0.25) is 4.79 Å². The van der Waals surface area contributed by atoms with Crippen LogP contribution in [0, 0.1) is 5.41 Å². The molecule has 0 spiro atoms. The lowest BCUT2D eigenvalue weighted by Crippen LogP contribution is -2.59. The molecule has 0 aromatic heterocycles. The molecule has 0 bridgehead atoms. The zero-order valence-corrected chi connectivity index (χ0v) is 13.7. The van der Waals surface area contributed by atoms with E-state index in [1.54, 1.807) is 0 Å². The van der Waals surface area contributed by atoms with Crippen LogP contribution in [0.4, 0.5) is 0 Å². The molecule has 0 radical (unpaired) electrons. The van der Waals surface area contributed by atoms with E-state index in [-0.39, 0.29) is 11.5 Å². The normalized spacial score (nSPS) is 41.0. The van der Waals surface area contributed by atoms with Gasteiger partial charge in [-0.1, -0.05) is 19.4 Å². The molecule has 1 saturated heterocycles. The number of aldehydes is 1. The first-order chi connectivity index (χ1) is 10.7. The fourth-order valence-electron chi connectivity index (χ4n) is 3.51. The maximum absolute atomic E-state index is 11.2. The number of ether oxygens (including phenoxy) is 2. The molecule has 1 aliphatic carbocycles. The van der Waals surface area contributed by atoms with Crippen LogP contribution in [0.15, 0.2) is 11.1 Å². The monoisotopic (exact) mass is 330 g/mol. The first-order valence-electron chi connectivity index (χ1n) is 7.82. The van der Waals surface area contributed by atoms with Gasteiger partial charge in [-0.25, -0.2) is 0 Å². The molecule has 0 aromatic rings. The summed E-state index contributed by atoms with van der Waals surface area (Å²) >= 11 is 0. The Bertz CT molecular complexity index is 471. The molecule has 1 heterocycles. The molecule has 2 rings (SSSR count). The van der Waals surface area contributed by atoms with Gasteiger partial charge in [-0.15, -0.1) is 0 Å².